The largest absolute Gasteiger partial charge is 0.416 e. The third-order valence-electron chi connectivity index (χ3n) is 3.53. The summed E-state index contributed by atoms with van der Waals surface area (Å²) in [5, 5.41) is 5.49. The summed E-state index contributed by atoms with van der Waals surface area (Å²) in [5.74, 6) is -0.113. The summed E-state index contributed by atoms with van der Waals surface area (Å²) in [4.78, 5) is 24.3. The van der Waals surface area contributed by atoms with Crippen molar-refractivity contribution in [1.29, 1.82) is 0 Å². The van der Waals surface area contributed by atoms with Crippen LogP contribution < -0.4 is 10.6 Å². The molecule has 2 heterocycles. The summed E-state index contributed by atoms with van der Waals surface area (Å²) < 4.78 is 38.2. The number of alkyl halides is 3. The van der Waals surface area contributed by atoms with Crippen LogP contribution in [0.25, 0.3) is 0 Å². The first-order chi connectivity index (χ1) is 12.9. The number of aromatic nitrogens is 3. The van der Waals surface area contributed by atoms with Crippen LogP contribution >= 0.6 is 0 Å². The molecule has 27 heavy (non-hydrogen) atoms. The lowest BCUT2D eigenvalue weighted by molar-refractivity contribution is -0.137. The molecule has 3 aromatic rings. The van der Waals surface area contributed by atoms with Gasteiger partial charge in [-0.3, -0.25) is 9.78 Å². The Morgan fingerprint density at radius 1 is 1.04 bits per heavy atom. The lowest BCUT2D eigenvalue weighted by atomic mass is 10.1. The van der Waals surface area contributed by atoms with Crippen molar-refractivity contribution in [2.24, 2.45) is 0 Å². The first-order valence-electron chi connectivity index (χ1n) is 7.85. The highest BCUT2D eigenvalue weighted by Crippen LogP contribution is 2.29. The zero-order valence-corrected chi connectivity index (χ0v) is 13.9. The second-order valence-electron chi connectivity index (χ2n) is 5.54. The minimum absolute atomic E-state index is 0.0395. The van der Waals surface area contributed by atoms with E-state index in [-0.39, 0.29) is 12.1 Å². The number of halogens is 3. The SMILES string of the molecule is O=C(NCc1cccc(C(F)(F)F)c1)c1cncc(Nc2ncccn2)c1. The van der Waals surface area contributed by atoms with Crippen LogP contribution in [0.5, 0.6) is 0 Å². The Kier molecular flexibility index (Phi) is 5.30. The number of carbonyl (C=O) groups is 1. The highest BCUT2D eigenvalue weighted by Gasteiger charge is 2.30. The van der Waals surface area contributed by atoms with Gasteiger partial charge in [0.25, 0.3) is 5.91 Å². The number of hydrogen-bond donors (Lipinski definition) is 2. The van der Waals surface area contributed by atoms with E-state index in [1.54, 1.807) is 24.5 Å². The molecule has 1 amide bonds. The molecule has 0 saturated carbocycles. The van der Waals surface area contributed by atoms with Gasteiger partial charge in [0.1, 0.15) is 0 Å². The number of carbonyl (C=O) groups excluding carboxylic acids is 1. The fourth-order valence-corrected chi connectivity index (χ4v) is 2.27. The average molecular weight is 373 g/mol. The first-order valence-corrected chi connectivity index (χ1v) is 7.85. The van der Waals surface area contributed by atoms with E-state index in [9.17, 15) is 18.0 Å². The zero-order chi connectivity index (χ0) is 19.3. The zero-order valence-electron chi connectivity index (χ0n) is 13.9. The molecule has 0 bridgehead atoms. The molecule has 138 valence electrons. The predicted octanol–water partition coefficient (Wildman–Crippen LogP) is 3.56. The van der Waals surface area contributed by atoms with Gasteiger partial charge in [-0.15, -0.1) is 0 Å². The Labute approximate surface area is 152 Å². The van der Waals surface area contributed by atoms with Crippen LogP contribution in [-0.2, 0) is 12.7 Å². The molecule has 0 saturated heterocycles. The van der Waals surface area contributed by atoms with Crippen molar-refractivity contribution in [3.05, 3.63) is 77.9 Å². The van der Waals surface area contributed by atoms with Crippen LogP contribution in [0.15, 0.2) is 61.2 Å². The maximum absolute atomic E-state index is 12.7. The summed E-state index contributed by atoms with van der Waals surface area (Å²) in [5.41, 5.74) is 0.346. The van der Waals surface area contributed by atoms with E-state index in [0.29, 0.717) is 17.2 Å². The molecule has 0 aliphatic heterocycles. The summed E-state index contributed by atoms with van der Waals surface area (Å²) in [7, 11) is 0. The van der Waals surface area contributed by atoms with Crippen molar-refractivity contribution in [3.63, 3.8) is 0 Å². The molecule has 0 fully saturated rings. The number of anilines is 2. The normalized spacial score (nSPS) is 11.1. The van der Waals surface area contributed by atoms with Gasteiger partial charge in [-0.1, -0.05) is 12.1 Å². The van der Waals surface area contributed by atoms with Crippen LogP contribution in [0.2, 0.25) is 0 Å². The maximum Gasteiger partial charge on any atom is 0.416 e. The predicted molar refractivity (Wildman–Crippen MR) is 92.2 cm³/mol. The topological polar surface area (TPSA) is 79.8 Å². The summed E-state index contributed by atoms with van der Waals surface area (Å²) >= 11 is 0. The quantitative estimate of drug-likeness (QED) is 0.715. The number of amides is 1. The molecule has 0 radical (unpaired) electrons. The lowest BCUT2D eigenvalue weighted by Crippen LogP contribution is -2.23. The number of benzene rings is 1. The Hall–Kier alpha value is -3.49. The molecular weight excluding hydrogens is 359 g/mol. The molecule has 0 aliphatic rings. The van der Waals surface area contributed by atoms with Gasteiger partial charge in [-0.25, -0.2) is 9.97 Å². The monoisotopic (exact) mass is 373 g/mol. The third kappa shape index (κ3) is 5.00. The van der Waals surface area contributed by atoms with Crippen LogP contribution in [0.3, 0.4) is 0 Å². The van der Waals surface area contributed by atoms with E-state index in [1.165, 1.54) is 24.5 Å². The Balaban J connectivity index is 1.66. The summed E-state index contributed by atoms with van der Waals surface area (Å²) in [6.07, 6.45) is 1.56. The van der Waals surface area contributed by atoms with Crippen LogP contribution in [0.1, 0.15) is 21.5 Å². The van der Waals surface area contributed by atoms with Gasteiger partial charge < -0.3 is 10.6 Å². The molecule has 6 nitrogen and oxygen atoms in total. The maximum atomic E-state index is 12.7. The lowest BCUT2D eigenvalue weighted by Gasteiger charge is -2.10. The fourth-order valence-electron chi connectivity index (χ4n) is 2.27. The summed E-state index contributed by atoms with van der Waals surface area (Å²) in [6.45, 7) is -0.0395. The van der Waals surface area contributed by atoms with E-state index in [4.69, 9.17) is 0 Å². The molecule has 1 aromatic carbocycles. The minimum atomic E-state index is -4.43. The molecule has 0 atom stereocenters. The van der Waals surface area contributed by atoms with E-state index in [2.05, 4.69) is 25.6 Å². The van der Waals surface area contributed by atoms with Crippen LogP contribution in [0, 0.1) is 0 Å². The van der Waals surface area contributed by atoms with Gasteiger partial charge in [0.15, 0.2) is 0 Å². The highest BCUT2D eigenvalue weighted by atomic mass is 19.4. The van der Waals surface area contributed by atoms with Crippen LogP contribution in [-0.4, -0.2) is 20.9 Å². The van der Waals surface area contributed by atoms with E-state index < -0.39 is 17.6 Å². The number of rotatable bonds is 5. The fraction of sp³-hybridized carbons (Fsp3) is 0.111. The standard InChI is InChI=1S/C18H14F3N5O/c19-18(20,21)14-4-1-3-12(7-14)9-25-16(27)13-8-15(11-22-10-13)26-17-23-5-2-6-24-17/h1-8,10-11H,9H2,(H,25,27)(H,23,24,26). The van der Waals surface area contributed by atoms with Crippen molar-refractivity contribution in [1.82, 2.24) is 20.3 Å². The second kappa shape index (κ2) is 7.81. The van der Waals surface area contributed by atoms with E-state index in [0.717, 1.165) is 12.1 Å². The number of nitrogens with one attached hydrogen (secondary N) is 2. The van der Waals surface area contributed by atoms with Crippen molar-refractivity contribution in [3.8, 4) is 0 Å². The Bertz CT molecular complexity index is 932. The molecule has 2 aromatic heterocycles. The molecular formula is C18H14F3N5O. The van der Waals surface area contributed by atoms with E-state index >= 15 is 0 Å². The number of hydrogen-bond acceptors (Lipinski definition) is 5. The van der Waals surface area contributed by atoms with Crippen molar-refractivity contribution in [2.75, 3.05) is 5.32 Å². The average Bonchev–Trinajstić information content (AvgIpc) is 2.67. The third-order valence-corrected chi connectivity index (χ3v) is 3.53. The molecule has 0 aliphatic carbocycles. The molecule has 0 unspecified atom stereocenters. The van der Waals surface area contributed by atoms with Crippen molar-refractivity contribution < 1.29 is 18.0 Å². The number of nitrogens with zero attached hydrogens (tertiary/aromatic N) is 3. The molecule has 0 spiro atoms. The highest BCUT2D eigenvalue weighted by molar-refractivity contribution is 5.94. The Morgan fingerprint density at radius 3 is 2.56 bits per heavy atom. The molecule has 9 heteroatoms. The number of pyridine rings is 1. The van der Waals surface area contributed by atoms with Gasteiger partial charge >= 0.3 is 6.18 Å². The van der Waals surface area contributed by atoms with E-state index in [1.807, 2.05) is 0 Å². The molecule has 3 rings (SSSR count). The minimum Gasteiger partial charge on any atom is -0.348 e. The second-order valence-corrected chi connectivity index (χ2v) is 5.54. The van der Waals surface area contributed by atoms with Crippen LogP contribution in [0.4, 0.5) is 24.8 Å². The van der Waals surface area contributed by atoms with Crippen molar-refractivity contribution in [2.45, 2.75) is 12.7 Å². The summed E-state index contributed by atoms with van der Waals surface area (Å²) in [6, 6.07) is 8.01. The first kappa shape index (κ1) is 18.3. The van der Waals surface area contributed by atoms with Gasteiger partial charge in [-0.05, 0) is 29.8 Å². The Morgan fingerprint density at radius 2 is 1.81 bits per heavy atom. The van der Waals surface area contributed by atoms with Crippen molar-refractivity contribution >= 4 is 17.5 Å². The van der Waals surface area contributed by atoms with Gasteiger partial charge in [0.05, 0.1) is 23.0 Å². The van der Waals surface area contributed by atoms with Gasteiger partial charge in [0.2, 0.25) is 5.95 Å². The molecule has 2 N–H and O–H groups in total. The van der Waals surface area contributed by atoms with Gasteiger partial charge in [0, 0.05) is 25.1 Å². The smallest absolute Gasteiger partial charge is 0.348 e. The van der Waals surface area contributed by atoms with Gasteiger partial charge in [-0.2, -0.15) is 13.2 Å².